The maximum atomic E-state index is 11.5. The van der Waals surface area contributed by atoms with Gasteiger partial charge < -0.3 is 9.47 Å². The van der Waals surface area contributed by atoms with Gasteiger partial charge in [0, 0.05) is 4.47 Å². The quantitative estimate of drug-likeness (QED) is 0.793. The first-order chi connectivity index (χ1) is 8.69. The number of hydrogen-bond donors (Lipinski definition) is 0. The molecule has 0 aromatic heterocycles. The molecule has 4 heteroatoms. The van der Waals surface area contributed by atoms with Crippen LogP contribution in [0.3, 0.4) is 0 Å². The summed E-state index contributed by atoms with van der Waals surface area (Å²) in [5, 5.41) is 0. The van der Waals surface area contributed by atoms with Crippen LogP contribution in [0.2, 0.25) is 0 Å². The van der Waals surface area contributed by atoms with E-state index in [0.717, 1.165) is 16.8 Å². The third-order valence-electron chi connectivity index (χ3n) is 3.25. The van der Waals surface area contributed by atoms with Crippen LogP contribution >= 0.6 is 15.9 Å². The zero-order chi connectivity index (χ0) is 13.0. The summed E-state index contributed by atoms with van der Waals surface area (Å²) in [5.41, 5.74) is 0.508. The fraction of sp³-hybridized carbons (Fsp3) is 0.500. The van der Waals surface area contributed by atoms with Crippen LogP contribution in [0, 0.1) is 5.92 Å². The highest BCUT2D eigenvalue weighted by Gasteiger charge is 2.16. The lowest BCUT2D eigenvalue weighted by Crippen LogP contribution is -2.09. The first kappa shape index (κ1) is 13.4. The van der Waals surface area contributed by atoms with E-state index in [2.05, 4.69) is 15.9 Å². The maximum Gasteiger partial charge on any atom is 0.338 e. The van der Waals surface area contributed by atoms with Crippen LogP contribution in [-0.4, -0.2) is 19.7 Å². The fourth-order valence-electron chi connectivity index (χ4n) is 2.27. The molecule has 0 saturated heterocycles. The number of carbonyl (C=O) groups excluding carboxylic acids is 1. The van der Waals surface area contributed by atoms with E-state index in [4.69, 9.17) is 9.47 Å². The Morgan fingerprint density at radius 1 is 1.33 bits per heavy atom. The molecule has 98 valence electrons. The number of esters is 1. The van der Waals surface area contributed by atoms with E-state index in [1.807, 2.05) is 6.07 Å². The fourth-order valence-corrected chi connectivity index (χ4v) is 2.75. The molecule has 0 N–H and O–H groups in total. The first-order valence-corrected chi connectivity index (χ1v) is 7.00. The Labute approximate surface area is 116 Å². The molecule has 2 rings (SSSR count). The van der Waals surface area contributed by atoms with Gasteiger partial charge in [0.2, 0.25) is 0 Å². The summed E-state index contributed by atoms with van der Waals surface area (Å²) in [7, 11) is 1.38. The Morgan fingerprint density at radius 3 is 2.72 bits per heavy atom. The highest BCUT2D eigenvalue weighted by Crippen LogP contribution is 2.27. The van der Waals surface area contributed by atoms with E-state index in [1.54, 1.807) is 12.1 Å². The van der Waals surface area contributed by atoms with Crippen molar-refractivity contribution in [3.05, 3.63) is 28.2 Å². The molecule has 0 aliphatic heterocycles. The number of benzene rings is 1. The van der Waals surface area contributed by atoms with E-state index >= 15 is 0 Å². The van der Waals surface area contributed by atoms with Crippen molar-refractivity contribution in [2.24, 2.45) is 5.92 Å². The highest BCUT2D eigenvalue weighted by molar-refractivity contribution is 9.10. The van der Waals surface area contributed by atoms with E-state index in [1.165, 1.54) is 32.8 Å². The molecule has 0 amide bonds. The van der Waals surface area contributed by atoms with Gasteiger partial charge in [0.05, 0.1) is 19.3 Å². The van der Waals surface area contributed by atoms with Crippen molar-refractivity contribution < 1.29 is 14.3 Å². The molecule has 1 aromatic carbocycles. The Hall–Kier alpha value is -1.03. The van der Waals surface area contributed by atoms with Crippen molar-refractivity contribution in [3.8, 4) is 5.75 Å². The second-order valence-electron chi connectivity index (χ2n) is 4.63. The van der Waals surface area contributed by atoms with Crippen LogP contribution < -0.4 is 4.74 Å². The SMILES string of the molecule is COC(=O)c1cc(Br)cc(OCC2CCCC2)c1. The molecule has 0 atom stereocenters. The van der Waals surface area contributed by atoms with Gasteiger partial charge in [-0.15, -0.1) is 0 Å². The van der Waals surface area contributed by atoms with Gasteiger partial charge in [0.15, 0.2) is 0 Å². The summed E-state index contributed by atoms with van der Waals surface area (Å²) in [4.78, 5) is 11.5. The monoisotopic (exact) mass is 312 g/mol. The van der Waals surface area contributed by atoms with Gasteiger partial charge in [0.1, 0.15) is 5.75 Å². The molecule has 0 bridgehead atoms. The Bertz CT molecular complexity index is 425. The molecule has 1 saturated carbocycles. The van der Waals surface area contributed by atoms with Gasteiger partial charge in [-0.2, -0.15) is 0 Å². The third-order valence-corrected chi connectivity index (χ3v) is 3.71. The van der Waals surface area contributed by atoms with Crippen molar-refractivity contribution in [1.82, 2.24) is 0 Å². The largest absolute Gasteiger partial charge is 0.493 e. The van der Waals surface area contributed by atoms with Crippen molar-refractivity contribution in [2.45, 2.75) is 25.7 Å². The van der Waals surface area contributed by atoms with Crippen molar-refractivity contribution >= 4 is 21.9 Å². The number of rotatable bonds is 4. The average molecular weight is 313 g/mol. The van der Waals surface area contributed by atoms with E-state index in [-0.39, 0.29) is 5.97 Å². The summed E-state index contributed by atoms with van der Waals surface area (Å²) >= 11 is 3.38. The lowest BCUT2D eigenvalue weighted by atomic mass is 10.1. The Kier molecular flexibility index (Phi) is 4.64. The molecule has 1 aliphatic carbocycles. The smallest absolute Gasteiger partial charge is 0.338 e. The zero-order valence-corrected chi connectivity index (χ0v) is 12.0. The molecular formula is C14H17BrO3. The minimum atomic E-state index is -0.345. The molecule has 18 heavy (non-hydrogen) atoms. The maximum absolute atomic E-state index is 11.5. The molecule has 1 fully saturated rings. The lowest BCUT2D eigenvalue weighted by Gasteiger charge is -2.12. The van der Waals surface area contributed by atoms with Gasteiger partial charge >= 0.3 is 5.97 Å². The van der Waals surface area contributed by atoms with Crippen LogP contribution in [0.15, 0.2) is 22.7 Å². The number of carbonyl (C=O) groups is 1. The van der Waals surface area contributed by atoms with Crippen molar-refractivity contribution in [2.75, 3.05) is 13.7 Å². The van der Waals surface area contributed by atoms with E-state index in [0.29, 0.717) is 11.5 Å². The van der Waals surface area contributed by atoms with Gasteiger partial charge in [-0.25, -0.2) is 4.79 Å². The Balaban J connectivity index is 2.02. The molecular weight excluding hydrogens is 296 g/mol. The second-order valence-corrected chi connectivity index (χ2v) is 5.54. The number of ether oxygens (including phenoxy) is 2. The van der Waals surface area contributed by atoms with Gasteiger partial charge in [-0.05, 0) is 37.0 Å². The Morgan fingerprint density at radius 2 is 2.06 bits per heavy atom. The number of hydrogen-bond acceptors (Lipinski definition) is 3. The van der Waals surface area contributed by atoms with E-state index < -0.39 is 0 Å². The van der Waals surface area contributed by atoms with Crippen molar-refractivity contribution in [3.63, 3.8) is 0 Å². The molecule has 3 nitrogen and oxygen atoms in total. The normalized spacial score (nSPS) is 15.7. The number of halogens is 1. The number of methoxy groups -OCH3 is 1. The standard InChI is InChI=1S/C14H17BrO3/c1-17-14(16)11-6-12(15)8-13(7-11)18-9-10-4-2-3-5-10/h6-8,10H,2-5,9H2,1H3. The first-order valence-electron chi connectivity index (χ1n) is 6.21. The van der Waals surface area contributed by atoms with Gasteiger partial charge in [0.25, 0.3) is 0 Å². The second kappa shape index (κ2) is 6.23. The lowest BCUT2D eigenvalue weighted by molar-refractivity contribution is 0.0600. The molecule has 1 aliphatic rings. The summed E-state index contributed by atoms with van der Waals surface area (Å²) in [6.45, 7) is 0.733. The van der Waals surface area contributed by atoms with Crippen LogP contribution in [0.1, 0.15) is 36.0 Å². The summed E-state index contributed by atoms with van der Waals surface area (Å²) in [5.74, 6) is 1.03. The minimum Gasteiger partial charge on any atom is -0.493 e. The van der Waals surface area contributed by atoms with Gasteiger partial charge in [-0.1, -0.05) is 28.8 Å². The topological polar surface area (TPSA) is 35.5 Å². The molecule has 1 aromatic rings. The third kappa shape index (κ3) is 3.48. The zero-order valence-electron chi connectivity index (χ0n) is 10.4. The summed E-state index contributed by atoms with van der Waals surface area (Å²) < 4.78 is 11.3. The van der Waals surface area contributed by atoms with Crippen LogP contribution in [-0.2, 0) is 4.74 Å². The van der Waals surface area contributed by atoms with Crippen LogP contribution in [0.5, 0.6) is 5.75 Å². The minimum absolute atomic E-state index is 0.345. The molecule has 0 radical (unpaired) electrons. The summed E-state index contributed by atoms with van der Waals surface area (Å²) in [6.07, 6.45) is 5.11. The predicted molar refractivity (Wildman–Crippen MR) is 72.9 cm³/mol. The summed E-state index contributed by atoms with van der Waals surface area (Å²) in [6, 6.07) is 5.33. The highest BCUT2D eigenvalue weighted by atomic mass is 79.9. The average Bonchev–Trinajstić information content (AvgIpc) is 2.88. The van der Waals surface area contributed by atoms with Gasteiger partial charge in [-0.3, -0.25) is 0 Å². The van der Waals surface area contributed by atoms with Crippen LogP contribution in [0.25, 0.3) is 0 Å². The molecule has 0 heterocycles. The predicted octanol–water partition coefficient (Wildman–Crippen LogP) is 3.80. The van der Waals surface area contributed by atoms with E-state index in [9.17, 15) is 4.79 Å². The van der Waals surface area contributed by atoms with Crippen LogP contribution in [0.4, 0.5) is 0 Å². The van der Waals surface area contributed by atoms with Crippen molar-refractivity contribution in [1.29, 1.82) is 0 Å². The molecule has 0 unspecified atom stereocenters. The molecule has 0 spiro atoms.